The van der Waals surface area contributed by atoms with Crippen LogP contribution in [0, 0.1) is 0 Å². The molecule has 1 heterocycles. The highest BCUT2D eigenvalue weighted by Gasteiger charge is 2.31. The molecule has 1 aromatic heterocycles. The standard InChI is InChI=1S/C15H15F3N2O/c16-15(17,18)13-3-1-2-12(10-13)14(20-8-9-21)11-4-6-19-7-5-11/h1-7,10,14,20-21H,8-9H2. The van der Waals surface area contributed by atoms with Gasteiger partial charge in [0.15, 0.2) is 0 Å². The van der Waals surface area contributed by atoms with Crippen LogP contribution in [0.3, 0.4) is 0 Å². The summed E-state index contributed by atoms with van der Waals surface area (Å²) in [7, 11) is 0. The number of nitrogens with zero attached hydrogens (tertiary/aromatic N) is 1. The third-order valence-electron chi connectivity index (χ3n) is 3.05. The minimum absolute atomic E-state index is 0.0967. The first kappa shape index (κ1) is 15.5. The minimum atomic E-state index is -4.38. The normalized spacial score (nSPS) is 13.1. The van der Waals surface area contributed by atoms with E-state index in [-0.39, 0.29) is 13.2 Å². The lowest BCUT2D eigenvalue weighted by molar-refractivity contribution is -0.137. The molecule has 0 aliphatic heterocycles. The Morgan fingerprint density at radius 2 is 1.81 bits per heavy atom. The van der Waals surface area contributed by atoms with E-state index in [1.54, 1.807) is 30.6 Å². The first-order chi connectivity index (χ1) is 10.0. The van der Waals surface area contributed by atoms with Gasteiger partial charge in [-0.05, 0) is 35.4 Å². The van der Waals surface area contributed by atoms with Gasteiger partial charge in [-0.1, -0.05) is 12.1 Å². The number of aliphatic hydroxyl groups is 1. The fourth-order valence-electron chi connectivity index (χ4n) is 2.09. The van der Waals surface area contributed by atoms with Gasteiger partial charge in [-0.15, -0.1) is 0 Å². The lowest BCUT2D eigenvalue weighted by Crippen LogP contribution is -2.25. The summed E-state index contributed by atoms with van der Waals surface area (Å²) in [4.78, 5) is 3.90. The number of hydrogen-bond donors (Lipinski definition) is 2. The Kier molecular flexibility index (Phi) is 4.93. The molecule has 0 aliphatic rings. The number of nitrogens with one attached hydrogen (secondary N) is 1. The molecule has 3 nitrogen and oxygen atoms in total. The summed E-state index contributed by atoms with van der Waals surface area (Å²) in [5.41, 5.74) is 0.590. The van der Waals surface area contributed by atoms with Gasteiger partial charge in [0.2, 0.25) is 0 Å². The summed E-state index contributed by atoms with van der Waals surface area (Å²) in [6.45, 7) is 0.184. The molecule has 2 rings (SSSR count). The van der Waals surface area contributed by atoms with Crippen molar-refractivity contribution in [3.63, 3.8) is 0 Å². The zero-order chi connectivity index (χ0) is 15.3. The molecule has 6 heteroatoms. The molecule has 1 aromatic carbocycles. The summed E-state index contributed by atoms with van der Waals surface area (Å²) in [5, 5.41) is 12.0. The van der Waals surface area contributed by atoms with Crippen LogP contribution in [0.15, 0.2) is 48.8 Å². The van der Waals surface area contributed by atoms with E-state index in [4.69, 9.17) is 5.11 Å². The molecule has 21 heavy (non-hydrogen) atoms. The SMILES string of the molecule is OCCNC(c1ccncc1)c1cccc(C(F)(F)F)c1. The van der Waals surface area contributed by atoms with Crippen molar-refractivity contribution >= 4 is 0 Å². The third kappa shape index (κ3) is 4.03. The highest BCUT2D eigenvalue weighted by atomic mass is 19.4. The van der Waals surface area contributed by atoms with E-state index in [2.05, 4.69) is 10.3 Å². The first-order valence-electron chi connectivity index (χ1n) is 6.43. The van der Waals surface area contributed by atoms with Crippen LogP contribution < -0.4 is 5.32 Å². The third-order valence-corrected chi connectivity index (χ3v) is 3.05. The van der Waals surface area contributed by atoms with Gasteiger partial charge in [0.05, 0.1) is 18.2 Å². The number of alkyl halides is 3. The predicted molar refractivity (Wildman–Crippen MR) is 72.6 cm³/mol. The van der Waals surface area contributed by atoms with Crippen LogP contribution in [0.5, 0.6) is 0 Å². The summed E-state index contributed by atoms with van der Waals surface area (Å²) in [6, 6.07) is 8.21. The van der Waals surface area contributed by atoms with Crippen molar-refractivity contribution in [2.24, 2.45) is 0 Å². The summed E-state index contributed by atoms with van der Waals surface area (Å²) in [6.07, 6.45) is -1.22. The Labute approximate surface area is 120 Å². The Balaban J connectivity index is 2.37. The fourth-order valence-corrected chi connectivity index (χ4v) is 2.09. The van der Waals surface area contributed by atoms with Crippen LogP contribution >= 0.6 is 0 Å². The van der Waals surface area contributed by atoms with Gasteiger partial charge >= 0.3 is 6.18 Å². The molecule has 2 N–H and O–H groups in total. The second-order valence-corrected chi connectivity index (χ2v) is 4.51. The molecule has 0 spiro atoms. The quantitative estimate of drug-likeness (QED) is 0.892. The van der Waals surface area contributed by atoms with Crippen molar-refractivity contribution in [1.29, 1.82) is 0 Å². The second kappa shape index (κ2) is 6.69. The molecule has 0 radical (unpaired) electrons. The molecule has 0 fully saturated rings. The van der Waals surface area contributed by atoms with Crippen LogP contribution in [0.4, 0.5) is 13.2 Å². The topological polar surface area (TPSA) is 45.1 Å². The number of pyridine rings is 1. The van der Waals surface area contributed by atoms with Crippen molar-refractivity contribution in [2.75, 3.05) is 13.2 Å². The Bertz CT molecular complexity index is 573. The molecule has 1 atom stereocenters. The largest absolute Gasteiger partial charge is 0.416 e. The summed E-state index contributed by atoms with van der Waals surface area (Å²) >= 11 is 0. The molecule has 0 saturated heterocycles. The minimum Gasteiger partial charge on any atom is -0.395 e. The van der Waals surface area contributed by atoms with Gasteiger partial charge in [0, 0.05) is 18.9 Å². The predicted octanol–water partition coefficient (Wildman–Crippen LogP) is 2.77. The highest BCUT2D eigenvalue weighted by molar-refractivity contribution is 5.34. The van der Waals surface area contributed by atoms with Crippen molar-refractivity contribution in [3.8, 4) is 0 Å². The zero-order valence-corrected chi connectivity index (χ0v) is 11.1. The van der Waals surface area contributed by atoms with E-state index >= 15 is 0 Å². The molecule has 2 aromatic rings. The maximum atomic E-state index is 12.8. The Morgan fingerprint density at radius 3 is 2.43 bits per heavy atom. The Hall–Kier alpha value is -1.92. The van der Waals surface area contributed by atoms with E-state index in [1.165, 1.54) is 6.07 Å². The van der Waals surface area contributed by atoms with E-state index in [1.807, 2.05) is 0 Å². The average Bonchev–Trinajstić information content (AvgIpc) is 2.48. The van der Waals surface area contributed by atoms with Crippen LogP contribution in [0.25, 0.3) is 0 Å². The molecule has 0 aliphatic carbocycles. The first-order valence-corrected chi connectivity index (χ1v) is 6.43. The zero-order valence-electron chi connectivity index (χ0n) is 11.1. The lowest BCUT2D eigenvalue weighted by Gasteiger charge is -2.20. The highest BCUT2D eigenvalue weighted by Crippen LogP contribution is 2.32. The van der Waals surface area contributed by atoms with Gasteiger partial charge < -0.3 is 10.4 Å². The maximum absolute atomic E-state index is 12.8. The van der Waals surface area contributed by atoms with E-state index in [0.717, 1.165) is 17.7 Å². The van der Waals surface area contributed by atoms with E-state index in [0.29, 0.717) is 5.56 Å². The van der Waals surface area contributed by atoms with Gasteiger partial charge in [0.25, 0.3) is 0 Å². The van der Waals surface area contributed by atoms with Gasteiger partial charge in [-0.2, -0.15) is 13.2 Å². The van der Waals surface area contributed by atoms with Crippen molar-refractivity contribution in [1.82, 2.24) is 10.3 Å². The molecule has 112 valence electrons. The number of aromatic nitrogens is 1. The number of rotatable bonds is 5. The van der Waals surface area contributed by atoms with Gasteiger partial charge in [-0.3, -0.25) is 4.98 Å². The van der Waals surface area contributed by atoms with Gasteiger partial charge in [-0.25, -0.2) is 0 Å². The lowest BCUT2D eigenvalue weighted by atomic mass is 9.97. The number of aliphatic hydroxyl groups excluding tert-OH is 1. The molecular weight excluding hydrogens is 281 g/mol. The number of hydrogen-bond acceptors (Lipinski definition) is 3. The van der Waals surface area contributed by atoms with E-state index < -0.39 is 17.8 Å². The number of benzene rings is 1. The van der Waals surface area contributed by atoms with Gasteiger partial charge in [0.1, 0.15) is 0 Å². The smallest absolute Gasteiger partial charge is 0.395 e. The Morgan fingerprint density at radius 1 is 1.10 bits per heavy atom. The molecular formula is C15H15F3N2O. The van der Waals surface area contributed by atoms with E-state index in [9.17, 15) is 13.2 Å². The van der Waals surface area contributed by atoms with Crippen LogP contribution in [-0.2, 0) is 6.18 Å². The van der Waals surface area contributed by atoms with Crippen LogP contribution in [-0.4, -0.2) is 23.2 Å². The summed E-state index contributed by atoms with van der Waals surface area (Å²) < 4.78 is 38.4. The monoisotopic (exact) mass is 296 g/mol. The second-order valence-electron chi connectivity index (χ2n) is 4.51. The van der Waals surface area contributed by atoms with Crippen LogP contribution in [0.1, 0.15) is 22.7 Å². The van der Waals surface area contributed by atoms with Crippen molar-refractivity contribution in [3.05, 3.63) is 65.5 Å². The fraction of sp³-hybridized carbons (Fsp3) is 0.267. The van der Waals surface area contributed by atoms with Crippen LogP contribution in [0.2, 0.25) is 0 Å². The van der Waals surface area contributed by atoms with Crippen molar-refractivity contribution in [2.45, 2.75) is 12.2 Å². The average molecular weight is 296 g/mol. The summed E-state index contributed by atoms with van der Waals surface area (Å²) in [5.74, 6) is 0. The molecule has 0 bridgehead atoms. The molecule has 0 saturated carbocycles. The maximum Gasteiger partial charge on any atom is 0.416 e. The number of halogens is 3. The van der Waals surface area contributed by atoms with Crippen molar-refractivity contribution < 1.29 is 18.3 Å². The molecule has 1 unspecified atom stereocenters. The molecule has 0 amide bonds.